The van der Waals surface area contributed by atoms with Crippen LogP contribution in [0.15, 0.2) is 0 Å². The highest BCUT2D eigenvalue weighted by Gasteiger charge is 2.35. The molecular weight excluding hydrogens is 266 g/mol. The van der Waals surface area contributed by atoms with Gasteiger partial charge in [0.2, 0.25) is 0 Å². The van der Waals surface area contributed by atoms with Crippen LogP contribution in [0.25, 0.3) is 0 Å². The van der Waals surface area contributed by atoms with Gasteiger partial charge in [0.1, 0.15) is 0 Å². The first-order valence-corrected chi connectivity index (χ1v) is 8.56. The molecule has 20 heavy (non-hydrogen) atoms. The van der Waals surface area contributed by atoms with Gasteiger partial charge in [-0.25, -0.2) is 4.98 Å². The molecule has 0 saturated carbocycles. The zero-order valence-corrected chi connectivity index (χ0v) is 14.7. The van der Waals surface area contributed by atoms with Crippen LogP contribution in [0.5, 0.6) is 0 Å². The number of hydrogen-bond donors (Lipinski definition) is 1. The second-order valence-corrected chi connectivity index (χ2v) is 8.43. The fraction of sp³-hybridized carbons (Fsp3) is 0.812. The highest BCUT2D eigenvalue weighted by Crippen LogP contribution is 2.39. The van der Waals surface area contributed by atoms with Gasteiger partial charge in [0.15, 0.2) is 5.13 Å². The summed E-state index contributed by atoms with van der Waals surface area (Å²) in [5, 5.41) is 4.67. The summed E-state index contributed by atoms with van der Waals surface area (Å²) < 4.78 is 0. The van der Waals surface area contributed by atoms with E-state index >= 15 is 0 Å². The predicted molar refractivity (Wildman–Crippen MR) is 88.9 cm³/mol. The van der Waals surface area contributed by atoms with Crippen molar-refractivity contribution < 1.29 is 0 Å². The van der Waals surface area contributed by atoms with Gasteiger partial charge in [0.25, 0.3) is 0 Å². The Balaban J connectivity index is 2.33. The summed E-state index contributed by atoms with van der Waals surface area (Å²) in [6.45, 7) is 16.7. The van der Waals surface area contributed by atoms with Gasteiger partial charge in [-0.1, -0.05) is 27.7 Å². The quantitative estimate of drug-likeness (QED) is 0.912. The number of hydrogen-bond acceptors (Lipinski definition) is 4. The van der Waals surface area contributed by atoms with E-state index in [1.54, 1.807) is 0 Å². The van der Waals surface area contributed by atoms with E-state index in [0.29, 0.717) is 0 Å². The largest absolute Gasteiger partial charge is 0.343 e. The third-order valence-corrected chi connectivity index (χ3v) is 5.14. The van der Waals surface area contributed by atoms with Crippen molar-refractivity contribution in [2.45, 2.75) is 71.9 Å². The van der Waals surface area contributed by atoms with E-state index in [4.69, 9.17) is 4.98 Å². The topological polar surface area (TPSA) is 28.2 Å². The van der Waals surface area contributed by atoms with Gasteiger partial charge in [-0.15, -0.1) is 11.3 Å². The summed E-state index contributed by atoms with van der Waals surface area (Å²) >= 11 is 1.88. The van der Waals surface area contributed by atoms with E-state index in [1.165, 1.54) is 28.5 Å². The minimum absolute atomic E-state index is 0.114. The van der Waals surface area contributed by atoms with Crippen LogP contribution in [0.3, 0.4) is 0 Å². The Morgan fingerprint density at radius 2 is 2.05 bits per heavy atom. The molecule has 1 N–H and O–H groups in total. The van der Waals surface area contributed by atoms with Crippen LogP contribution in [-0.4, -0.2) is 23.6 Å². The summed E-state index contributed by atoms with van der Waals surface area (Å²) in [6, 6.07) is 0. The Bertz CT molecular complexity index is 457. The molecule has 1 aliphatic heterocycles. The van der Waals surface area contributed by atoms with Crippen molar-refractivity contribution in [2.75, 3.05) is 18.0 Å². The molecule has 1 saturated heterocycles. The summed E-state index contributed by atoms with van der Waals surface area (Å²) in [7, 11) is 0. The Kier molecular flexibility index (Phi) is 4.45. The number of aromatic nitrogens is 1. The maximum absolute atomic E-state index is 5.02. The average molecular weight is 295 g/mol. The molecule has 1 fully saturated rings. The Labute approximate surface area is 127 Å². The summed E-state index contributed by atoms with van der Waals surface area (Å²) in [4.78, 5) is 8.92. The minimum Gasteiger partial charge on any atom is -0.343 e. The monoisotopic (exact) mass is 295 g/mol. The zero-order chi connectivity index (χ0) is 15.0. The van der Waals surface area contributed by atoms with Gasteiger partial charge < -0.3 is 10.2 Å². The van der Waals surface area contributed by atoms with Gasteiger partial charge in [-0.05, 0) is 33.2 Å². The first kappa shape index (κ1) is 15.8. The molecule has 0 unspecified atom stereocenters. The Morgan fingerprint density at radius 1 is 1.35 bits per heavy atom. The first-order chi connectivity index (χ1) is 9.25. The lowest BCUT2D eigenvalue weighted by Crippen LogP contribution is -2.38. The number of rotatable bonds is 4. The van der Waals surface area contributed by atoms with Crippen molar-refractivity contribution in [1.82, 2.24) is 10.3 Å². The van der Waals surface area contributed by atoms with Crippen LogP contribution in [0, 0.1) is 0 Å². The highest BCUT2D eigenvalue weighted by molar-refractivity contribution is 7.15. The van der Waals surface area contributed by atoms with Gasteiger partial charge in [-0.2, -0.15) is 0 Å². The van der Waals surface area contributed by atoms with E-state index in [-0.39, 0.29) is 11.0 Å². The number of nitrogens with zero attached hydrogens (tertiary/aromatic N) is 2. The first-order valence-electron chi connectivity index (χ1n) is 7.74. The molecule has 1 aromatic heterocycles. The lowest BCUT2D eigenvalue weighted by atomic mass is 9.91. The SMILES string of the molecule is CCNCc1sc(N2CCCC2(C)C)nc1C(C)(C)C. The molecule has 0 bridgehead atoms. The summed E-state index contributed by atoms with van der Waals surface area (Å²) in [6.07, 6.45) is 2.54. The molecule has 0 atom stereocenters. The maximum Gasteiger partial charge on any atom is 0.186 e. The smallest absolute Gasteiger partial charge is 0.186 e. The Hall–Kier alpha value is -0.610. The van der Waals surface area contributed by atoms with Crippen LogP contribution in [0.2, 0.25) is 0 Å². The molecule has 0 radical (unpaired) electrons. The van der Waals surface area contributed by atoms with Gasteiger partial charge >= 0.3 is 0 Å². The van der Waals surface area contributed by atoms with E-state index in [1.807, 2.05) is 11.3 Å². The molecule has 114 valence electrons. The Morgan fingerprint density at radius 3 is 2.55 bits per heavy atom. The molecule has 0 amide bonds. The van der Waals surface area contributed by atoms with E-state index in [9.17, 15) is 0 Å². The molecule has 0 aromatic carbocycles. The fourth-order valence-corrected chi connectivity index (χ4v) is 4.29. The second kappa shape index (κ2) is 5.64. The van der Waals surface area contributed by atoms with Crippen LogP contribution >= 0.6 is 11.3 Å². The van der Waals surface area contributed by atoms with Crippen molar-refractivity contribution in [3.05, 3.63) is 10.6 Å². The van der Waals surface area contributed by atoms with Gasteiger partial charge in [0, 0.05) is 28.9 Å². The van der Waals surface area contributed by atoms with Crippen molar-refractivity contribution >= 4 is 16.5 Å². The lowest BCUT2D eigenvalue weighted by Gasteiger charge is -2.31. The third-order valence-electron chi connectivity index (χ3n) is 4.06. The lowest BCUT2D eigenvalue weighted by molar-refractivity contribution is 0.513. The second-order valence-electron chi connectivity index (χ2n) is 7.37. The molecule has 4 heteroatoms. The summed E-state index contributed by atoms with van der Waals surface area (Å²) in [5.74, 6) is 0. The third kappa shape index (κ3) is 3.17. The number of nitrogens with one attached hydrogen (secondary N) is 1. The standard InChI is InChI=1S/C16H29N3S/c1-7-17-11-12-13(15(2,3)4)18-14(20-12)19-10-8-9-16(19,5)6/h17H,7-11H2,1-6H3. The minimum atomic E-state index is 0.114. The van der Waals surface area contributed by atoms with Gasteiger partial charge in [0.05, 0.1) is 5.69 Å². The molecule has 2 heterocycles. The number of anilines is 1. The van der Waals surface area contributed by atoms with Crippen molar-refractivity contribution in [2.24, 2.45) is 0 Å². The maximum atomic E-state index is 5.02. The number of thiazole rings is 1. The predicted octanol–water partition coefficient (Wildman–Crippen LogP) is 3.93. The molecule has 1 aliphatic rings. The molecule has 3 nitrogen and oxygen atoms in total. The molecule has 1 aromatic rings. The van der Waals surface area contributed by atoms with E-state index in [0.717, 1.165) is 19.6 Å². The molecular formula is C16H29N3S. The highest BCUT2D eigenvalue weighted by atomic mass is 32.1. The van der Waals surface area contributed by atoms with Crippen molar-refractivity contribution in [1.29, 1.82) is 0 Å². The molecule has 2 rings (SSSR count). The van der Waals surface area contributed by atoms with Crippen LogP contribution < -0.4 is 10.2 Å². The summed E-state index contributed by atoms with van der Waals surface area (Å²) in [5.41, 5.74) is 1.63. The average Bonchev–Trinajstić information content (AvgIpc) is 2.88. The van der Waals surface area contributed by atoms with Crippen molar-refractivity contribution in [3.8, 4) is 0 Å². The van der Waals surface area contributed by atoms with E-state index in [2.05, 4.69) is 51.8 Å². The van der Waals surface area contributed by atoms with Gasteiger partial charge in [-0.3, -0.25) is 0 Å². The normalized spacial score (nSPS) is 18.8. The molecule has 0 aliphatic carbocycles. The van der Waals surface area contributed by atoms with Crippen LogP contribution in [-0.2, 0) is 12.0 Å². The zero-order valence-electron chi connectivity index (χ0n) is 13.8. The molecule has 0 spiro atoms. The van der Waals surface area contributed by atoms with Crippen LogP contribution in [0.1, 0.15) is 65.0 Å². The van der Waals surface area contributed by atoms with Crippen LogP contribution in [0.4, 0.5) is 5.13 Å². The van der Waals surface area contributed by atoms with E-state index < -0.39 is 0 Å². The van der Waals surface area contributed by atoms with Crippen molar-refractivity contribution in [3.63, 3.8) is 0 Å². The fourth-order valence-electron chi connectivity index (χ4n) is 2.86.